The standard InChI is InChI=1S/C11H15NO/c1-9(8-13)11(2,3)10-5-4-6-12-7-10/h4-9H,1-3H3. The molecule has 1 heterocycles. The maximum Gasteiger partial charge on any atom is 0.123 e. The molecule has 0 aromatic carbocycles. The average molecular weight is 177 g/mol. The van der Waals surface area contributed by atoms with Crippen molar-refractivity contribution in [3.8, 4) is 0 Å². The average Bonchev–Trinajstić information content (AvgIpc) is 2.18. The molecule has 0 fully saturated rings. The third-order valence-electron chi connectivity index (χ3n) is 2.75. The highest BCUT2D eigenvalue weighted by Crippen LogP contribution is 2.29. The van der Waals surface area contributed by atoms with Crippen LogP contribution in [0.15, 0.2) is 24.5 Å². The summed E-state index contributed by atoms with van der Waals surface area (Å²) in [6.45, 7) is 6.05. The van der Waals surface area contributed by atoms with E-state index in [0.29, 0.717) is 0 Å². The zero-order chi connectivity index (χ0) is 9.90. The number of carbonyl (C=O) groups excluding carboxylic acids is 1. The van der Waals surface area contributed by atoms with Crippen LogP contribution < -0.4 is 0 Å². The first-order valence-electron chi connectivity index (χ1n) is 4.45. The molecule has 2 heteroatoms. The molecule has 0 amide bonds. The highest BCUT2D eigenvalue weighted by Gasteiger charge is 2.27. The van der Waals surface area contributed by atoms with E-state index in [1.54, 1.807) is 6.20 Å². The monoisotopic (exact) mass is 177 g/mol. The van der Waals surface area contributed by atoms with Crippen LogP contribution in [-0.2, 0) is 10.2 Å². The summed E-state index contributed by atoms with van der Waals surface area (Å²) < 4.78 is 0. The highest BCUT2D eigenvalue weighted by molar-refractivity contribution is 5.56. The van der Waals surface area contributed by atoms with Crippen molar-refractivity contribution in [1.82, 2.24) is 4.98 Å². The van der Waals surface area contributed by atoms with Gasteiger partial charge in [0.2, 0.25) is 0 Å². The molecule has 0 aliphatic rings. The van der Waals surface area contributed by atoms with Gasteiger partial charge in [-0.25, -0.2) is 0 Å². The van der Waals surface area contributed by atoms with Crippen molar-refractivity contribution in [2.24, 2.45) is 5.92 Å². The van der Waals surface area contributed by atoms with E-state index >= 15 is 0 Å². The normalized spacial score (nSPS) is 13.8. The summed E-state index contributed by atoms with van der Waals surface area (Å²) in [6.07, 6.45) is 4.55. The predicted molar refractivity (Wildman–Crippen MR) is 52.5 cm³/mol. The second-order valence-electron chi connectivity index (χ2n) is 3.89. The Morgan fingerprint density at radius 2 is 2.23 bits per heavy atom. The molecule has 0 saturated heterocycles. The third kappa shape index (κ3) is 1.94. The summed E-state index contributed by atoms with van der Waals surface area (Å²) in [7, 11) is 0. The van der Waals surface area contributed by atoms with Gasteiger partial charge in [-0.15, -0.1) is 0 Å². The molecule has 2 nitrogen and oxygen atoms in total. The van der Waals surface area contributed by atoms with E-state index in [0.717, 1.165) is 11.8 Å². The Morgan fingerprint density at radius 3 is 2.69 bits per heavy atom. The van der Waals surface area contributed by atoms with E-state index in [-0.39, 0.29) is 11.3 Å². The first-order valence-corrected chi connectivity index (χ1v) is 4.45. The van der Waals surface area contributed by atoms with Gasteiger partial charge in [0.15, 0.2) is 0 Å². The van der Waals surface area contributed by atoms with Crippen molar-refractivity contribution >= 4 is 6.29 Å². The molecule has 1 unspecified atom stereocenters. The summed E-state index contributed by atoms with van der Waals surface area (Å²) >= 11 is 0. The number of carbonyl (C=O) groups is 1. The molecule has 0 saturated carbocycles. The van der Waals surface area contributed by atoms with Crippen molar-refractivity contribution < 1.29 is 4.79 Å². The first-order chi connectivity index (χ1) is 6.09. The third-order valence-corrected chi connectivity index (χ3v) is 2.75. The number of aromatic nitrogens is 1. The maximum atomic E-state index is 10.7. The Hall–Kier alpha value is -1.18. The van der Waals surface area contributed by atoms with E-state index in [9.17, 15) is 4.79 Å². The Bertz CT molecular complexity index is 279. The molecule has 0 N–H and O–H groups in total. The summed E-state index contributed by atoms with van der Waals surface area (Å²) in [5.41, 5.74) is 0.977. The number of hydrogen-bond donors (Lipinski definition) is 0. The highest BCUT2D eigenvalue weighted by atomic mass is 16.1. The number of nitrogens with zero attached hydrogens (tertiary/aromatic N) is 1. The smallest absolute Gasteiger partial charge is 0.123 e. The SMILES string of the molecule is CC(C=O)C(C)(C)c1cccnc1. The number of pyridine rings is 1. The zero-order valence-corrected chi connectivity index (χ0v) is 8.32. The van der Waals surface area contributed by atoms with Gasteiger partial charge >= 0.3 is 0 Å². The summed E-state index contributed by atoms with van der Waals surface area (Å²) in [4.78, 5) is 14.8. The lowest BCUT2D eigenvalue weighted by atomic mass is 9.76. The maximum absolute atomic E-state index is 10.7. The van der Waals surface area contributed by atoms with Gasteiger partial charge in [-0.3, -0.25) is 4.98 Å². The van der Waals surface area contributed by atoms with Crippen LogP contribution in [0.3, 0.4) is 0 Å². The summed E-state index contributed by atoms with van der Waals surface area (Å²) in [6, 6.07) is 3.90. The van der Waals surface area contributed by atoms with Crippen LogP contribution in [0.4, 0.5) is 0 Å². The van der Waals surface area contributed by atoms with Gasteiger partial charge in [-0.2, -0.15) is 0 Å². The quantitative estimate of drug-likeness (QED) is 0.662. The summed E-state index contributed by atoms with van der Waals surface area (Å²) in [5, 5.41) is 0. The topological polar surface area (TPSA) is 30.0 Å². The molecule has 1 atom stereocenters. The Kier molecular flexibility index (Phi) is 2.81. The fourth-order valence-electron chi connectivity index (χ4n) is 1.18. The number of aldehydes is 1. The minimum Gasteiger partial charge on any atom is -0.303 e. The van der Waals surface area contributed by atoms with Crippen molar-refractivity contribution in [3.63, 3.8) is 0 Å². The van der Waals surface area contributed by atoms with Crippen molar-refractivity contribution in [2.45, 2.75) is 26.2 Å². The molecular formula is C11H15NO. The number of rotatable bonds is 3. The molecule has 0 spiro atoms. The lowest BCUT2D eigenvalue weighted by molar-refractivity contribution is -0.112. The fourth-order valence-corrected chi connectivity index (χ4v) is 1.18. The van der Waals surface area contributed by atoms with Gasteiger partial charge in [0.05, 0.1) is 0 Å². The van der Waals surface area contributed by atoms with Gasteiger partial charge < -0.3 is 4.79 Å². The van der Waals surface area contributed by atoms with Crippen LogP contribution in [0.5, 0.6) is 0 Å². The molecule has 0 aliphatic heterocycles. The van der Waals surface area contributed by atoms with Crippen LogP contribution in [0.1, 0.15) is 26.3 Å². The Morgan fingerprint density at radius 1 is 1.54 bits per heavy atom. The van der Waals surface area contributed by atoms with Gasteiger partial charge in [0.1, 0.15) is 6.29 Å². The largest absolute Gasteiger partial charge is 0.303 e. The molecule has 70 valence electrons. The van der Waals surface area contributed by atoms with Crippen molar-refractivity contribution in [2.75, 3.05) is 0 Å². The van der Waals surface area contributed by atoms with Crippen molar-refractivity contribution in [3.05, 3.63) is 30.1 Å². The van der Waals surface area contributed by atoms with E-state index in [1.165, 1.54) is 0 Å². The Labute approximate surface area is 79.0 Å². The lowest BCUT2D eigenvalue weighted by Gasteiger charge is -2.28. The van der Waals surface area contributed by atoms with Crippen LogP contribution in [0, 0.1) is 5.92 Å². The van der Waals surface area contributed by atoms with Gasteiger partial charge in [-0.05, 0) is 11.6 Å². The summed E-state index contributed by atoms with van der Waals surface area (Å²) in [5.74, 6) is 0.0108. The first kappa shape index (κ1) is 9.90. The van der Waals surface area contributed by atoms with Crippen molar-refractivity contribution in [1.29, 1.82) is 0 Å². The molecule has 13 heavy (non-hydrogen) atoms. The number of hydrogen-bond acceptors (Lipinski definition) is 2. The minimum absolute atomic E-state index is 0.0108. The van der Waals surface area contributed by atoms with Gasteiger partial charge in [0.25, 0.3) is 0 Å². The second-order valence-corrected chi connectivity index (χ2v) is 3.89. The molecule has 0 radical (unpaired) electrons. The molecule has 1 rings (SSSR count). The van der Waals surface area contributed by atoms with E-state index in [1.807, 2.05) is 25.3 Å². The molecule has 0 aliphatic carbocycles. The Balaban J connectivity index is 3.00. The lowest BCUT2D eigenvalue weighted by Crippen LogP contribution is -2.27. The van der Waals surface area contributed by atoms with Gasteiger partial charge in [0, 0.05) is 23.7 Å². The molecule has 1 aromatic rings. The van der Waals surface area contributed by atoms with Crippen LogP contribution >= 0.6 is 0 Å². The van der Waals surface area contributed by atoms with E-state index in [4.69, 9.17) is 0 Å². The second kappa shape index (κ2) is 3.69. The van der Waals surface area contributed by atoms with Gasteiger partial charge in [-0.1, -0.05) is 26.8 Å². The van der Waals surface area contributed by atoms with E-state index < -0.39 is 0 Å². The fraction of sp³-hybridized carbons (Fsp3) is 0.455. The minimum atomic E-state index is -0.129. The van der Waals surface area contributed by atoms with Crippen LogP contribution in [0.25, 0.3) is 0 Å². The molecule has 1 aromatic heterocycles. The van der Waals surface area contributed by atoms with Crippen LogP contribution in [0.2, 0.25) is 0 Å². The zero-order valence-electron chi connectivity index (χ0n) is 8.32. The van der Waals surface area contributed by atoms with E-state index in [2.05, 4.69) is 18.8 Å². The molecule has 0 bridgehead atoms. The molecular weight excluding hydrogens is 162 g/mol. The predicted octanol–water partition coefficient (Wildman–Crippen LogP) is 2.19. The van der Waals surface area contributed by atoms with Crippen LogP contribution in [-0.4, -0.2) is 11.3 Å².